The van der Waals surface area contributed by atoms with Crippen molar-refractivity contribution in [1.29, 1.82) is 0 Å². The lowest BCUT2D eigenvalue weighted by atomic mass is 10.1. The summed E-state index contributed by atoms with van der Waals surface area (Å²) in [6.45, 7) is -1.93. The number of para-hydroxylation sites is 2. The van der Waals surface area contributed by atoms with Gasteiger partial charge in [-0.1, -0.05) is 24.3 Å². The molecule has 0 aliphatic rings. The fourth-order valence-electron chi connectivity index (χ4n) is 3.12. The number of hydrogen-bond donors (Lipinski definition) is 1. The van der Waals surface area contributed by atoms with Gasteiger partial charge in [-0.3, -0.25) is 14.2 Å². The lowest BCUT2D eigenvalue weighted by molar-refractivity contribution is -0.153. The number of anilines is 1. The quantitative estimate of drug-likeness (QED) is 0.403. The van der Waals surface area contributed by atoms with E-state index in [0.717, 1.165) is 4.57 Å². The van der Waals surface area contributed by atoms with Crippen LogP contribution in [0, 0.1) is 5.82 Å². The second kappa shape index (κ2) is 9.02. The highest BCUT2D eigenvalue weighted by Crippen LogP contribution is 2.31. The van der Waals surface area contributed by atoms with Crippen molar-refractivity contribution in [3.63, 3.8) is 0 Å². The van der Waals surface area contributed by atoms with Crippen molar-refractivity contribution >= 4 is 33.1 Å². The second-order valence-corrected chi connectivity index (χ2v) is 7.82. The number of benzene rings is 2. The molecule has 2 aromatic heterocycles. The number of nitrogens with one attached hydrogen (secondary N) is 1. The molecule has 6 nitrogen and oxygen atoms in total. The minimum Gasteiger partial charge on any atom is -0.482 e. The number of halogens is 4. The van der Waals surface area contributed by atoms with Crippen molar-refractivity contribution in [2.45, 2.75) is 12.7 Å². The molecule has 0 saturated heterocycles. The molecule has 170 valence electrons. The molecule has 33 heavy (non-hydrogen) atoms. The molecule has 0 bridgehead atoms. The molecule has 1 amide bonds. The van der Waals surface area contributed by atoms with Gasteiger partial charge in [0.05, 0.1) is 17.4 Å². The first-order chi connectivity index (χ1) is 15.7. The molecule has 0 unspecified atom stereocenters. The summed E-state index contributed by atoms with van der Waals surface area (Å²) in [5.41, 5.74) is 0.751. The highest BCUT2D eigenvalue weighted by Gasteiger charge is 2.29. The van der Waals surface area contributed by atoms with E-state index < -0.39 is 36.6 Å². The van der Waals surface area contributed by atoms with Crippen molar-refractivity contribution in [3.05, 3.63) is 76.4 Å². The SMILES string of the molecule is O=C(Cn1cnc2scc(-c3ccc(F)cc3)c2c1=O)Nc1ccccc1OCC(F)(F)F. The van der Waals surface area contributed by atoms with E-state index in [1.54, 1.807) is 5.38 Å². The fraction of sp³-hybridized carbons (Fsp3) is 0.136. The molecule has 2 heterocycles. The van der Waals surface area contributed by atoms with Gasteiger partial charge in [0.15, 0.2) is 6.61 Å². The van der Waals surface area contributed by atoms with Crippen LogP contribution in [-0.2, 0) is 11.3 Å². The first-order valence-corrected chi connectivity index (χ1v) is 10.4. The van der Waals surface area contributed by atoms with Crippen LogP contribution in [0.2, 0.25) is 0 Å². The van der Waals surface area contributed by atoms with Crippen molar-refractivity contribution < 1.29 is 27.1 Å². The third-order valence-electron chi connectivity index (χ3n) is 4.58. The number of hydrogen-bond acceptors (Lipinski definition) is 5. The zero-order chi connectivity index (χ0) is 23.6. The molecule has 1 N–H and O–H groups in total. The summed E-state index contributed by atoms with van der Waals surface area (Å²) in [5.74, 6) is -1.22. The maximum atomic E-state index is 13.3. The summed E-state index contributed by atoms with van der Waals surface area (Å²) in [5, 5.41) is 4.47. The number of aromatic nitrogens is 2. The van der Waals surface area contributed by atoms with Gasteiger partial charge in [-0.15, -0.1) is 11.3 Å². The van der Waals surface area contributed by atoms with Gasteiger partial charge in [0.1, 0.15) is 22.9 Å². The van der Waals surface area contributed by atoms with Crippen LogP contribution in [0.1, 0.15) is 0 Å². The van der Waals surface area contributed by atoms with Crippen LogP contribution in [0.5, 0.6) is 5.75 Å². The number of alkyl halides is 3. The van der Waals surface area contributed by atoms with Crippen molar-refractivity contribution in [2.75, 3.05) is 11.9 Å². The van der Waals surface area contributed by atoms with Crippen molar-refractivity contribution in [1.82, 2.24) is 9.55 Å². The van der Waals surface area contributed by atoms with Crippen LogP contribution in [0.25, 0.3) is 21.3 Å². The average Bonchev–Trinajstić information content (AvgIpc) is 3.20. The van der Waals surface area contributed by atoms with Crippen molar-refractivity contribution in [2.24, 2.45) is 0 Å². The average molecular weight is 477 g/mol. The molecule has 11 heteroatoms. The number of ether oxygens (including phenoxy) is 1. The van der Waals surface area contributed by atoms with Gasteiger partial charge < -0.3 is 10.1 Å². The van der Waals surface area contributed by atoms with Crippen LogP contribution >= 0.6 is 11.3 Å². The molecule has 4 aromatic rings. The van der Waals surface area contributed by atoms with Gasteiger partial charge in [0, 0.05) is 10.9 Å². The lowest BCUT2D eigenvalue weighted by Crippen LogP contribution is -2.28. The molecule has 0 aliphatic heterocycles. The zero-order valence-corrected chi connectivity index (χ0v) is 17.5. The lowest BCUT2D eigenvalue weighted by Gasteiger charge is -2.14. The van der Waals surface area contributed by atoms with Crippen LogP contribution in [-0.4, -0.2) is 28.2 Å². The van der Waals surface area contributed by atoms with Crippen LogP contribution in [0.15, 0.2) is 65.0 Å². The van der Waals surface area contributed by atoms with Crippen LogP contribution in [0.4, 0.5) is 23.2 Å². The molecule has 0 spiro atoms. The van der Waals surface area contributed by atoms with E-state index in [4.69, 9.17) is 4.74 Å². The normalized spacial score (nSPS) is 11.5. The molecule has 4 rings (SSSR count). The summed E-state index contributed by atoms with van der Waals surface area (Å²) in [6, 6.07) is 11.3. The predicted octanol–water partition coefficient (Wildman–Crippen LogP) is 4.84. The Hall–Kier alpha value is -3.73. The Balaban J connectivity index is 1.57. The molecule has 2 aromatic carbocycles. The molecule has 0 atom stereocenters. The summed E-state index contributed by atoms with van der Waals surface area (Å²) >= 11 is 1.24. The van der Waals surface area contributed by atoms with E-state index in [-0.39, 0.29) is 16.8 Å². The zero-order valence-electron chi connectivity index (χ0n) is 16.7. The molecule has 0 aliphatic carbocycles. The Morgan fingerprint density at radius 3 is 2.58 bits per heavy atom. The van der Waals surface area contributed by atoms with Gasteiger partial charge in [-0.2, -0.15) is 13.2 Å². The summed E-state index contributed by atoms with van der Waals surface area (Å²) < 4.78 is 56.5. The number of amides is 1. The molecular formula is C22H15F4N3O3S. The Morgan fingerprint density at radius 1 is 1.12 bits per heavy atom. The number of fused-ring (bicyclic) bond motifs is 1. The Morgan fingerprint density at radius 2 is 1.85 bits per heavy atom. The van der Waals surface area contributed by atoms with E-state index in [0.29, 0.717) is 16.0 Å². The number of carbonyl (C=O) groups excluding carboxylic acids is 1. The van der Waals surface area contributed by atoms with Gasteiger partial charge in [0.25, 0.3) is 5.56 Å². The standard InChI is InChI=1S/C22H15F4N3O3S/c23-14-7-5-13(6-8-14)15-10-33-20-19(15)21(31)29(12-27-20)9-18(30)28-16-3-1-2-4-17(16)32-11-22(24,25)26/h1-8,10,12H,9,11H2,(H,28,30). The first kappa shape index (κ1) is 22.5. The highest BCUT2D eigenvalue weighted by molar-refractivity contribution is 7.17. The van der Waals surface area contributed by atoms with E-state index >= 15 is 0 Å². The Bertz CT molecular complexity index is 1360. The van der Waals surface area contributed by atoms with Gasteiger partial charge in [0.2, 0.25) is 5.91 Å². The van der Waals surface area contributed by atoms with E-state index in [1.165, 1.54) is 66.2 Å². The monoisotopic (exact) mass is 477 g/mol. The van der Waals surface area contributed by atoms with E-state index in [9.17, 15) is 27.2 Å². The van der Waals surface area contributed by atoms with Gasteiger partial charge >= 0.3 is 6.18 Å². The van der Waals surface area contributed by atoms with Gasteiger partial charge in [-0.25, -0.2) is 9.37 Å². The number of thiophene rings is 1. The fourth-order valence-corrected chi connectivity index (χ4v) is 4.03. The predicted molar refractivity (Wildman–Crippen MR) is 116 cm³/mol. The molecule has 0 fully saturated rings. The maximum Gasteiger partial charge on any atom is 0.422 e. The van der Waals surface area contributed by atoms with Crippen molar-refractivity contribution in [3.8, 4) is 16.9 Å². The Labute approximate surface area is 188 Å². The molecule has 0 saturated carbocycles. The molecular weight excluding hydrogens is 462 g/mol. The number of nitrogens with zero attached hydrogens (tertiary/aromatic N) is 2. The second-order valence-electron chi connectivity index (χ2n) is 6.96. The van der Waals surface area contributed by atoms with Gasteiger partial charge in [-0.05, 0) is 29.8 Å². The minimum absolute atomic E-state index is 0.0383. The third-order valence-corrected chi connectivity index (χ3v) is 5.47. The smallest absolute Gasteiger partial charge is 0.422 e. The topological polar surface area (TPSA) is 73.2 Å². The summed E-state index contributed by atoms with van der Waals surface area (Å²) in [7, 11) is 0. The minimum atomic E-state index is -4.53. The third kappa shape index (κ3) is 5.20. The number of carbonyl (C=O) groups is 1. The first-order valence-electron chi connectivity index (χ1n) is 9.52. The molecule has 0 radical (unpaired) electrons. The van der Waals surface area contributed by atoms with E-state index in [2.05, 4.69) is 10.3 Å². The van der Waals surface area contributed by atoms with Crippen LogP contribution < -0.4 is 15.6 Å². The number of rotatable bonds is 6. The largest absolute Gasteiger partial charge is 0.482 e. The maximum absolute atomic E-state index is 13.3. The summed E-state index contributed by atoms with van der Waals surface area (Å²) in [6.07, 6.45) is -3.31. The summed E-state index contributed by atoms with van der Waals surface area (Å²) in [4.78, 5) is 30.3. The van der Waals surface area contributed by atoms with E-state index in [1.807, 2.05) is 0 Å². The highest BCUT2D eigenvalue weighted by atomic mass is 32.1. The Kier molecular flexibility index (Phi) is 6.14. The van der Waals surface area contributed by atoms with Crippen LogP contribution in [0.3, 0.4) is 0 Å².